The van der Waals surface area contributed by atoms with E-state index in [-0.39, 0.29) is 0 Å². The summed E-state index contributed by atoms with van der Waals surface area (Å²) in [6.07, 6.45) is 0. The lowest BCUT2D eigenvalue weighted by Crippen LogP contribution is -2.09. The highest BCUT2D eigenvalue weighted by atomic mass is 16.3. The zero-order chi connectivity index (χ0) is 44.7. The van der Waals surface area contributed by atoms with Crippen LogP contribution in [0.1, 0.15) is 5.56 Å². The van der Waals surface area contributed by atoms with Crippen molar-refractivity contribution in [3.63, 3.8) is 0 Å². The Morgan fingerprint density at radius 1 is 0.284 bits per heavy atom. The average molecular weight is 856 g/mol. The molecule has 1 aromatic heterocycles. The van der Waals surface area contributed by atoms with Crippen LogP contribution in [0.2, 0.25) is 0 Å². The van der Waals surface area contributed by atoms with Crippen molar-refractivity contribution in [1.29, 1.82) is 0 Å². The van der Waals surface area contributed by atoms with Crippen LogP contribution >= 0.6 is 0 Å². The van der Waals surface area contributed by atoms with Crippen molar-refractivity contribution in [3.8, 4) is 67.0 Å². The molecule has 0 saturated heterocycles. The van der Waals surface area contributed by atoms with Gasteiger partial charge in [0.25, 0.3) is 0 Å². The number of benzene rings is 11. The fraction of sp³-hybridized carbons (Fsp3) is 0.0154. The van der Waals surface area contributed by atoms with Gasteiger partial charge in [0.15, 0.2) is 0 Å². The van der Waals surface area contributed by atoms with Gasteiger partial charge in [-0.05, 0) is 139 Å². The lowest BCUT2D eigenvalue weighted by molar-refractivity contribution is 0.629. The van der Waals surface area contributed by atoms with Crippen LogP contribution in [-0.2, 0) is 0 Å². The maximum atomic E-state index is 6.38. The Bertz CT molecular complexity index is 3730. The lowest BCUT2D eigenvalue weighted by atomic mass is 9.89. The summed E-state index contributed by atoms with van der Waals surface area (Å²) in [4.78, 5) is 2.36. The molecule has 0 spiro atoms. The van der Waals surface area contributed by atoms with E-state index in [0.717, 1.165) is 61.6 Å². The average Bonchev–Trinajstić information content (AvgIpc) is 3.75. The van der Waals surface area contributed by atoms with E-state index in [1.165, 1.54) is 60.5 Å². The van der Waals surface area contributed by atoms with Gasteiger partial charge in [-0.3, -0.25) is 0 Å². The van der Waals surface area contributed by atoms with Gasteiger partial charge in [0, 0.05) is 33.6 Å². The third-order valence-electron chi connectivity index (χ3n) is 13.3. The Morgan fingerprint density at radius 2 is 0.731 bits per heavy atom. The first-order valence-corrected chi connectivity index (χ1v) is 23.0. The van der Waals surface area contributed by atoms with Gasteiger partial charge in [-0.25, -0.2) is 0 Å². The monoisotopic (exact) mass is 855 g/mol. The van der Waals surface area contributed by atoms with Crippen molar-refractivity contribution in [2.45, 2.75) is 6.92 Å². The molecule has 0 saturated carbocycles. The second-order valence-corrected chi connectivity index (χ2v) is 17.3. The van der Waals surface area contributed by atoms with E-state index < -0.39 is 0 Å². The van der Waals surface area contributed by atoms with Gasteiger partial charge in [0.2, 0.25) is 0 Å². The normalized spacial score (nSPS) is 11.4. The van der Waals surface area contributed by atoms with Crippen LogP contribution in [0, 0.1) is 6.92 Å². The minimum Gasteiger partial charge on any atom is -0.456 e. The minimum atomic E-state index is 0.911. The van der Waals surface area contributed by atoms with Crippen LogP contribution in [0.5, 0.6) is 0 Å². The number of anilines is 3. The minimum absolute atomic E-state index is 0.911. The highest BCUT2D eigenvalue weighted by molar-refractivity contribution is 6.13. The topological polar surface area (TPSA) is 16.4 Å². The van der Waals surface area contributed by atoms with Gasteiger partial charge in [-0.1, -0.05) is 200 Å². The molecule has 0 bridgehead atoms. The number of hydrogen-bond donors (Lipinski definition) is 0. The SMILES string of the molecule is Cc1c(-c2cccc(-c3ccc(N(c4ccc(-c5ccccc5-c5ccccc5-c5ccccc5)cc4)c4ccc(-c5cc6ccccc6c6ccccc56)cc4)cc3)c2)oc2ccccc12. The molecule has 67 heavy (non-hydrogen) atoms. The molecular weight excluding hydrogens is 811 g/mol. The van der Waals surface area contributed by atoms with Gasteiger partial charge in [0.1, 0.15) is 11.3 Å². The van der Waals surface area contributed by atoms with Gasteiger partial charge < -0.3 is 9.32 Å². The molecule has 12 aromatic rings. The molecule has 316 valence electrons. The third-order valence-corrected chi connectivity index (χ3v) is 13.3. The Morgan fingerprint density at radius 3 is 1.36 bits per heavy atom. The molecule has 2 nitrogen and oxygen atoms in total. The first-order valence-electron chi connectivity index (χ1n) is 23.0. The smallest absolute Gasteiger partial charge is 0.138 e. The Balaban J connectivity index is 0.932. The summed E-state index contributed by atoms with van der Waals surface area (Å²) >= 11 is 0. The first-order chi connectivity index (χ1) is 33.1. The van der Waals surface area contributed by atoms with Crippen LogP contribution in [0.3, 0.4) is 0 Å². The molecule has 0 unspecified atom stereocenters. The summed E-state index contributed by atoms with van der Waals surface area (Å²) in [6.45, 7) is 2.14. The summed E-state index contributed by atoms with van der Waals surface area (Å²) in [7, 11) is 0. The van der Waals surface area contributed by atoms with E-state index in [2.05, 4.69) is 254 Å². The molecule has 1 heterocycles. The third kappa shape index (κ3) is 7.35. The van der Waals surface area contributed by atoms with Crippen molar-refractivity contribution >= 4 is 49.6 Å². The first kappa shape index (κ1) is 39.8. The number of furan rings is 1. The van der Waals surface area contributed by atoms with E-state index in [0.29, 0.717) is 0 Å². The zero-order valence-corrected chi connectivity index (χ0v) is 37.1. The summed E-state index contributed by atoms with van der Waals surface area (Å²) < 4.78 is 6.38. The molecule has 12 rings (SSSR count). The van der Waals surface area contributed by atoms with E-state index >= 15 is 0 Å². The second-order valence-electron chi connectivity index (χ2n) is 17.3. The molecule has 0 fully saturated rings. The Labute approximate surface area is 391 Å². The molecule has 0 N–H and O–H groups in total. The maximum absolute atomic E-state index is 6.38. The predicted molar refractivity (Wildman–Crippen MR) is 283 cm³/mol. The number of rotatable bonds is 9. The molecule has 0 aliphatic rings. The summed E-state index contributed by atoms with van der Waals surface area (Å²) in [5.74, 6) is 0.914. The summed E-state index contributed by atoms with van der Waals surface area (Å²) in [5, 5.41) is 6.19. The van der Waals surface area contributed by atoms with Crippen LogP contribution < -0.4 is 4.90 Å². The molecule has 0 amide bonds. The Hall–Kier alpha value is -8.72. The van der Waals surface area contributed by atoms with Gasteiger partial charge in [-0.15, -0.1) is 0 Å². The standard InChI is InChI=1S/C65H45NO/c1-44-55-21-13-14-29-64(55)67-65(44)51-20-15-19-49(42-51)45-30-36-52(37-31-45)66(54-40-34-48(35-41-54)63-43-50-18-5-6-24-58(50)61-27-11-12-28-62(61)63)53-38-32-47(33-39-53)57-23-8-10-26-60(57)59-25-9-7-22-56(59)46-16-3-2-4-17-46/h2-43H,1H3. The Kier molecular flexibility index (Phi) is 10.1. The number of hydrogen-bond acceptors (Lipinski definition) is 2. The molecular formula is C65H45NO. The number of para-hydroxylation sites is 1. The van der Waals surface area contributed by atoms with Gasteiger partial charge in [-0.2, -0.15) is 0 Å². The molecule has 11 aromatic carbocycles. The lowest BCUT2D eigenvalue weighted by Gasteiger charge is -2.26. The highest BCUT2D eigenvalue weighted by Gasteiger charge is 2.18. The molecule has 0 atom stereocenters. The fourth-order valence-corrected chi connectivity index (χ4v) is 9.97. The number of fused-ring (bicyclic) bond motifs is 4. The van der Waals surface area contributed by atoms with Crippen molar-refractivity contribution in [1.82, 2.24) is 0 Å². The quantitative estimate of drug-likeness (QED) is 0.135. The van der Waals surface area contributed by atoms with Crippen molar-refractivity contribution in [2.24, 2.45) is 0 Å². The van der Waals surface area contributed by atoms with Gasteiger partial charge in [0.05, 0.1) is 0 Å². The summed E-state index contributed by atoms with van der Waals surface area (Å²) in [5.41, 5.74) is 18.3. The van der Waals surface area contributed by atoms with Crippen LogP contribution in [-0.4, -0.2) is 0 Å². The molecule has 0 aliphatic carbocycles. The number of aryl methyl sites for hydroxylation is 1. The maximum Gasteiger partial charge on any atom is 0.138 e. The van der Waals surface area contributed by atoms with Crippen LogP contribution in [0.15, 0.2) is 259 Å². The summed E-state index contributed by atoms with van der Waals surface area (Å²) in [6, 6.07) is 91.9. The van der Waals surface area contributed by atoms with Crippen LogP contribution in [0.4, 0.5) is 17.1 Å². The van der Waals surface area contributed by atoms with E-state index in [9.17, 15) is 0 Å². The van der Waals surface area contributed by atoms with E-state index in [1.807, 2.05) is 12.1 Å². The second kappa shape index (κ2) is 17.0. The van der Waals surface area contributed by atoms with Gasteiger partial charge >= 0.3 is 0 Å². The number of nitrogens with zero attached hydrogens (tertiary/aromatic N) is 1. The fourth-order valence-electron chi connectivity index (χ4n) is 9.97. The molecule has 2 heteroatoms. The van der Waals surface area contributed by atoms with Crippen molar-refractivity contribution in [3.05, 3.63) is 260 Å². The highest BCUT2D eigenvalue weighted by Crippen LogP contribution is 2.43. The predicted octanol–water partition coefficient (Wildman–Crippen LogP) is 18.5. The molecule has 0 aliphatic heterocycles. The van der Waals surface area contributed by atoms with E-state index in [1.54, 1.807) is 0 Å². The van der Waals surface area contributed by atoms with Crippen molar-refractivity contribution in [2.75, 3.05) is 4.90 Å². The van der Waals surface area contributed by atoms with E-state index in [4.69, 9.17) is 4.42 Å². The van der Waals surface area contributed by atoms with Crippen LogP contribution in [0.25, 0.3) is 99.5 Å². The molecule has 0 radical (unpaired) electrons. The largest absolute Gasteiger partial charge is 0.456 e. The van der Waals surface area contributed by atoms with Crippen molar-refractivity contribution < 1.29 is 4.42 Å². The zero-order valence-electron chi connectivity index (χ0n) is 37.1.